The third kappa shape index (κ3) is 5.26. The normalized spacial score (nSPS) is 16.7. The van der Waals surface area contributed by atoms with Gasteiger partial charge in [0, 0.05) is 36.1 Å². The first kappa shape index (κ1) is 25.2. The molecule has 40 heavy (non-hydrogen) atoms. The van der Waals surface area contributed by atoms with Gasteiger partial charge in [0.1, 0.15) is 18.2 Å². The number of amides is 1. The minimum Gasteiger partial charge on any atom is -0.457 e. The molecule has 1 fully saturated rings. The van der Waals surface area contributed by atoms with Crippen LogP contribution in [0.5, 0.6) is 0 Å². The quantitative estimate of drug-likeness (QED) is 0.296. The molecule has 0 unspecified atom stereocenters. The predicted octanol–water partition coefficient (Wildman–Crippen LogP) is 4.98. The van der Waals surface area contributed by atoms with E-state index < -0.39 is 5.97 Å². The van der Waals surface area contributed by atoms with Crippen LogP contribution in [-0.2, 0) is 11.3 Å². The van der Waals surface area contributed by atoms with Crippen molar-refractivity contribution in [3.63, 3.8) is 0 Å². The van der Waals surface area contributed by atoms with Gasteiger partial charge in [0.15, 0.2) is 5.65 Å². The highest BCUT2D eigenvalue weighted by molar-refractivity contribution is 5.96. The van der Waals surface area contributed by atoms with Gasteiger partial charge in [-0.05, 0) is 54.4 Å². The van der Waals surface area contributed by atoms with Crippen LogP contribution in [0.15, 0.2) is 103 Å². The molecule has 1 amide bonds. The zero-order chi connectivity index (χ0) is 27.5. The van der Waals surface area contributed by atoms with Crippen molar-refractivity contribution in [1.29, 1.82) is 0 Å². The second kappa shape index (κ2) is 11.0. The van der Waals surface area contributed by atoms with Crippen LogP contribution in [-0.4, -0.2) is 39.1 Å². The van der Waals surface area contributed by atoms with Gasteiger partial charge in [-0.2, -0.15) is 0 Å². The van der Waals surface area contributed by atoms with E-state index in [1.165, 1.54) is 12.1 Å². The van der Waals surface area contributed by atoms with Crippen LogP contribution in [0, 0.1) is 5.82 Å². The van der Waals surface area contributed by atoms with Crippen molar-refractivity contribution in [2.24, 2.45) is 0 Å². The van der Waals surface area contributed by atoms with Gasteiger partial charge in [-0.15, -0.1) is 5.10 Å². The number of halogens is 1. The maximum absolute atomic E-state index is 14.2. The Hall–Kier alpha value is -5.05. The first-order chi connectivity index (χ1) is 19.5. The lowest BCUT2D eigenvalue weighted by Gasteiger charge is -2.25. The summed E-state index contributed by atoms with van der Waals surface area (Å²) in [4.78, 5) is 32.2. The van der Waals surface area contributed by atoms with Gasteiger partial charge in [0.05, 0.1) is 11.6 Å². The van der Waals surface area contributed by atoms with Gasteiger partial charge < -0.3 is 15.0 Å². The molecular weight excluding hydrogens is 509 g/mol. The van der Waals surface area contributed by atoms with Gasteiger partial charge >= 0.3 is 5.97 Å². The minimum absolute atomic E-state index is 0.0329. The summed E-state index contributed by atoms with van der Waals surface area (Å²) in [5, 5.41) is 7.83. The molecule has 1 saturated heterocycles. The number of nitrogens with zero attached hydrogens (tertiary/aromatic N) is 4. The predicted molar refractivity (Wildman–Crippen MR) is 147 cm³/mol. The molecule has 200 valence electrons. The standard InChI is InChI=1S/C31H26FN5O3/c32-24-11-6-10-22(17-24)27-18-25(19-36(27)29-14-13-28-33-15-16-37(28)35-29)34-30(38)26-12-5-4-9-23(26)20-40-31(39)21-7-2-1-3-8-21/h1-17,25,27H,18-20H2,(H,34,38)/t25-,27+/m0/s1. The van der Waals surface area contributed by atoms with Gasteiger partial charge in [-0.3, -0.25) is 4.79 Å². The number of anilines is 1. The number of hydrogen-bond acceptors (Lipinski definition) is 6. The Morgan fingerprint density at radius 2 is 1.80 bits per heavy atom. The Bertz CT molecular complexity index is 1670. The zero-order valence-electron chi connectivity index (χ0n) is 21.5. The molecular formula is C31H26FN5O3. The molecule has 0 spiro atoms. The Labute approximate surface area is 230 Å². The van der Waals surface area contributed by atoms with Crippen LogP contribution in [0.3, 0.4) is 0 Å². The average Bonchev–Trinajstić information content (AvgIpc) is 3.63. The van der Waals surface area contributed by atoms with E-state index in [0.29, 0.717) is 35.5 Å². The second-order valence-corrected chi connectivity index (χ2v) is 9.65. The number of ether oxygens (including phenoxy) is 1. The fourth-order valence-electron chi connectivity index (χ4n) is 5.11. The maximum atomic E-state index is 14.2. The van der Waals surface area contributed by atoms with E-state index in [0.717, 1.165) is 11.2 Å². The molecule has 0 bridgehead atoms. The van der Waals surface area contributed by atoms with Crippen LogP contribution >= 0.6 is 0 Å². The van der Waals surface area contributed by atoms with Gasteiger partial charge in [-0.25, -0.2) is 18.7 Å². The maximum Gasteiger partial charge on any atom is 0.338 e. The first-order valence-electron chi connectivity index (χ1n) is 13.0. The molecule has 8 nitrogen and oxygen atoms in total. The third-order valence-corrected chi connectivity index (χ3v) is 7.04. The van der Waals surface area contributed by atoms with E-state index in [1.54, 1.807) is 71.5 Å². The molecule has 0 radical (unpaired) electrons. The van der Waals surface area contributed by atoms with E-state index in [4.69, 9.17) is 9.84 Å². The molecule has 9 heteroatoms. The van der Waals surface area contributed by atoms with E-state index in [2.05, 4.69) is 15.2 Å². The number of imidazole rings is 1. The number of benzene rings is 3. The number of hydrogen-bond donors (Lipinski definition) is 1. The van der Waals surface area contributed by atoms with Gasteiger partial charge in [0.2, 0.25) is 0 Å². The van der Waals surface area contributed by atoms with Crippen LogP contribution in [0.4, 0.5) is 10.2 Å². The lowest BCUT2D eigenvalue weighted by molar-refractivity contribution is 0.0470. The summed E-state index contributed by atoms with van der Waals surface area (Å²) < 4.78 is 21.4. The molecule has 2 aromatic heterocycles. The highest BCUT2D eigenvalue weighted by Gasteiger charge is 2.35. The summed E-state index contributed by atoms with van der Waals surface area (Å²) in [5.74, 6) is -0.344. The fraction of sp³-hybridized carbons (Fsp3) is 0.161. The van der Waals surface area contributed by atoms with Crippen LogP contribution in [0.2, 0.25) is 0 Å². The second-order valence-electron chi connectivity index (χ2n) is 9.65. The number of carbonyl (C=O) groups is 2. The number of rotatable bonds is 7. The average molecular weight is 536 g/mol. The highest BCUT2D eigenvalue weighted by Crippen LogP contribution is 2.36. The highest BCUT2D eigenvalue weighted by atomic mass is 19.1. The van der Waals surface area contributed by atoms with Crippen molar-refractivity contribution in [1.82, 2.24) is 19.9 Å². The number of carbonyl (C=O) groups excluding carboxylic acids is 2. The van der Waals surface area contributed by atoms with Gasteiger partial charge in [0.25, 0.3) is 5.91 Å². The molecule has 1 aliphatic heterocycles. The van der Waals surface area contributed by atoms with Gasteiger partial charge in [-0.1, -0.05) is 48.5 Å². The Balaban J connectivity index is 1.21. The summed E-state index contributed by atoms with van der Waals surface area (Å²) in [6.45, 7) is 0.445. The molecule has 6 rings (SSSR count). The number of nitrogens with one attached hydrogen (secondary N) is 1. The Kier molecular flexibility index (Phi) is 6.93. The SMILES string of the molecule is O=C(OCc1ccccc1C(=O)N[C@H]1C[C@H](c2cccc(F)c2)N(c2ccc3nccn3n2)C1)c1ccccc1. The van der Waals surface area contributed by atoms with Crippen molar-refractivity contribution in [2.75, 3.05) is 11.4 Å². The molecule has 3 aromatic carbocycles. The number of fused-ring (bicyclic) bond motifs is 1. The Morgan fingerprint density at radius 1 is 0.975 bits per heavy atom. The molecule has 1 aliphatic rings. The lowest BCUT2D eigenvalue weighted by Crippen LogP contribution is -2.37. The van der Waals surface area contributed by atoms with Crippen molar-refractivity contribution in [2.45, 2.75) is 25.1 Å². The topological polar surface area (TPSA) is 88.8 Å². The smallest absolute Gasteiger partial charge is 0.338 e. The van der Waals surface area contributed by atoms with Crippen LogP contribution < -0.4 is 10.2 Å². The summed E-state index contributed by atoms with van der Waals surface area (Å²) in [7, 11) is 0. The van der Waals surface area contributed by atoms with Crippen molar-refractivity contribution < 1.29 is 18.7 Å². The monoisotopic (exact) mass is 535 g/mol. The molecule has 0 saturated carbocycles. The van der Waals surface area contributed by atoms with Crippen molar-refractivity contribution >= 4 is 23.3 Å². The lowest BCUT2D eigenvalue weighted by atomic mass is 10.0. The molecule has 1 N–H and O–H groups in total. The minimum atomic E-state index is -0.456. The van der Waals surface area contributed by atoms with E-state index in [-0.39, 0.29) is 30.4 Å². The summed E-state index contributed by atoms with van der Waals surface area (Å²) >= 11 is 0. The zero-order valence-corrected chi connectivity index (χ0v) is 21.5. The third-order valence-electron chi connectivity index (χ3n) is 7.04. The fourth-order valence-corrected chi connectivity index (χ4v) is 5.11. The van der Waals surface area contributed by atoms with Crippen LogP contribution in [0.1, 0.15) is 44.3 Å². The summed E-state index contributed by atoms with van der Waals surface area (Å²) in [6, 6.07) is 25.6. The number of esters is 1. The first-order valence-corrected chi connectivity index (χ1v) is 13.0. The molecule has 3 heterocycles. The van der Waals surface area contributed by atoms with Crippen LogP contribution in [0.25, 0.3) is 5.65 Å². The largest absolute Gasteiger partial charge is 0.457 e. The molecule has 2 atom stereocenters. The van der Waals surface area contributed by atoms with Crippen molar-refractivity contribution in [3.8, 4) is 0 Å². The van der Waals surface area contributed by atoms with E-state index in [1.807, 2.05) is 24.3 Å². The summed E-state index contributed by atoms with van der Waals surface area (Å²) in [6.07, 6.45) is 4.01. The van der Waals surface area contributed by atoms with Crippen molar-refractivity contribution in [3.05, 3.63) is 131 Å². The summed E-state index contributed by atoms with van der Waals surface area (Å²) in [5.41, 5.74) is 3.01. The van der Waals surface area contributed by atoms with E-state index in [9.17, 15) is 14.0 Å². The molecule has 0 aliphatic carbocycles. The number of aromatic nitrogens is 3. The van der Waals surface area contributed by atoms with E-state index >= 15 is 0 Å². The Morgan fingerprint density at radius 3 is 2.65 bits per heavy atom. The molecule has 5 aromatic rings.